The second-order valence-corrected chi connectivity index (χ2v) is 9.60. The first kappa shape index (κ1) is 21.1. The highest BCUT2D eigenvalue weighted by Crippen LogP contribution is 2.19. The molecule has 0 aliphatic carbocycles. The van der Waals surface area contributed by atoms with Gasteiger partial charge in [0, 0.05) is 45.2 Å². The molecule has 1 aromatic rings. The molecule has 0 spiro atoms. The number of nitrogens with zero attached hydrogens (tertiary/aromatic N) is 3. The largest absolute Gasteiger partial charge is 0.356 e. The van der Waals surface area contributed by atoms with E-state index in [1.807, 2.05) is 7.05 Å². The van der Waals surface area contributed by atoms with E-state index in [2.05, 4.69) is 45.7 Å². The molecule has 26 heavy (non-hydrogen) atoms. The monoisotopic (exact) mass is 398 g/mol. The van der Waals surface area contributed by atoms with Gasteiger partial charge in [-0.15, -0.1) is 11.8 Å². The second-order valence-electron chi connectivity index (χ2n) is 6.74. The minimum absolute atomic E-state index is 0.471. The Balaban J connectivity index is 1.81. The normalized spacial score (nSPS) is 17.3. The number of hydrogen-bond donors (Lipinski definition) is 1. The molecule has 1 fully saturated rings. The van der Waals surface area contributed by atoms with Gasteiger partial charge in [0.2, 0.25) is 10.0 Å². The molecular weight excluding hydrogens is 368 g/mol. The van der Waals surface area contributed by atoms with E-state index in [-0.39, 0.29) is 0 Å². The van der Waals surface area contributed by atoms with Crippen molar-refractivity contribution < 1.29 is 8.42 Å². The summed E-state index contributed by atoms with van der Waals surface area (Å²) in [5.41, 5.74) is 1.25. The first-order chi connectivity index (χ1) is 12.3. The lowest BCUT2D eigenvalue weighted by Crippen LogP contribution is -2.44. The fourth-order valence-corrected chi connectivity index (χ4v) is 4.43. The average molecular weight is 399 g/mol. The summed E-state index contributed by atoms with van der Waals surface area (Å²) in [7, 11) is 0.766. The molecule has 0 bridgehead atoms. The zero-order valence-corrected chi connectivity index (χ0v) is 17.7. The lowest BCUT2D eigenvalue weighted by molar-refractivity contribution is 0.273. The summed E-state index contributed by atoms with van der Waals surface area (Å²) in [6.07, 6.45) is 5.13. The van der Waals surface area contributed by atoms with Crippen LogP contribution in [-0.4, -0.2) is 69.8 Å². The van der Waals surface area contributed by atoms with Crippen LogP contribution < -0.4 is 5.32 Å². The van der Waals surface area contributed by atoms with E-state index < -0.39 is 10.0 Å². The van der Waals surface area contributed by atoms with E-state index in [0.29, 0.717) is 19.0 Å². The Labute approximate surface area is 162 Å². The van der Waals surface area contributed by atoms with Crippen molar-refractivity contribution in [3.8, 4) is 0 Å². The number of thioether (sulfide) groups is 1. The van der Waals surface area contributed by atoms with Crippen LogP contribution in [0, 0.1) is 5.92 Å². The SMILES string of the molecule is CN=C(NCC1CCN(S(C)(=O)=O)CC1)N(C)Cc1ccc(SC)cc1. The van der Waals surface area contributed by atoms with Gasteiger partial charge in [0.1, 0.15) is 0 Å². The van der Waals surface area contributed by atoms with Crippen LogP contribution in [0.1, 0.15) is 18.4 Å². The lowest BCUT2D eigenvalue weighted by atomic mass is 9.98. The Morgan fingerprint density at radius 2 is 1.92 bits per heavy atom. The van der Waals surface area contributed by atoms with Crippen molar-refractivity contribution in [3.63, 3.8) is 0 Å². The summed E-state index contributed by atoms with van der Waals surface area (Å²) in [4.78, 5) is 7.75. The molecule has 0 radical (unpaired) electrons. The molecule has 1 saturated heterocycles. The standard InChI is InChI=1S/C18H30N4O2S2/c1-19-18(21(2)14-16-5-7-17(25-3)8-6-16)20-13-15-9-11-22(12-10-15)26(4,23)24/h5-8,15H,9-14H2,1-4H3,(H,19,20). The number of guanidine groups is 1. The van der Waals surface area contributed by atoms with Gasteiger partial charge in [-0.05, 0) is 42.7 Å². The summed E-state index contributed by atoms with van der Waals surface area (Å²) in [5.74, 6) is 1.34. The Morgan fingerprint density at radius 1 is 1.31 bits per heavy atom. The minimum Gasteiger partial charge on any atom is -0.356 e. The van der Waals surface area contributed by atoms with E-state index in [4.69, 9.17) is 0 Å². The molecule has 0 atom stereocenters. The van der Waals surface area contributed by atoms with E-state index >= 15 is 0 Å². The number of aliphatic imine (C=N–C) groups is 1. The molecule has 1 heterocycles. The summed E-state index contributed by atoms with van der Waals surface area (Å²) in [6, 6.07) is 8.58. The molecule has 0 amide bonds. The second kappa shape index (κ2) is 9.62. The van der Waals surface area contributed by atoms with Gasteiger partial charge >= 0.3 is 0 Å². The molecule has 146 valence electrons. The molecule has 1 aromatic carbocycles. The number of piperidine rings is 1. The van der Waals surface area contributed by atoms with Crippen molar-refractivity contribution in [1.29, 1.82) is 0 Å². The minimum atomic E-state index is -3.06. The molecule has 0 unspecified atom stereocenters. The Hall–Kier alpha value is -1.25. The van der Waals surface area contributed by atoms with Crippen molar-refractivity contribution in [2.24, 2.45) is 10.9 Å². The van der Waals surface area contributed by atoms with Gasteiger partial charge < -0.3 is 10.2 Å². The smallest absolute Gasteiger partial charge is 0.211 e. The number of nitrogens with one attached hydrogen (secondary N) is 1. The predicted molar refractivity (Wildman–Crippen MR) is 110 cm³/mol. The molecule has 6 nitrogen and oxygen atoms in total. The fraction of sp³-hybridized carbons (Fsp3) is 0.611. The average Bonchev–Trinajstić information content (AvgIpc) is 2.62. The van der Waals surface area contributed by atoms with Gasteiger partial charge in [0.15, 0.2) is 5.96 Å². The Bertz CT molecular complexity index is 696. The van der Waals surface area contributed by atoms with Gasteiger partial charge in [-0.25, -0.2) is 12.7 Å². The molecule has 2 rings (SSSR count). The summed E-state index contributed by atoms with van der Waals surface area (Å²) in [6.45, 7) is 2.84. The zero-order valence-electron chi connectivity index (χ0n) is 16.1. The van der Waals surface area contributed by atoms with Gasteiger partial charge in [-0.1, -0.05) is 12.1 Å². The van der Waals surface area contributed by atoms with Gasteiger partial charge in [-0.3, -0.25) is 4.99 Å². The molecule has 1 aliphatic rings. The highest BCUT2D eigenvalue weighted by Gasteiger charge is 2.25. The molecule has 1 N–H and O–H groups in total. The molecule has 0 aromatic heterocycles. The topological polar surface area (TPSA) is 65.0 Å². The van der Waals surface area contributed by atoms with Crippen LogP contribution in [0.3, 0.4) is 0 Å². The molecular formula is C18H30N4O2S2. The maximum Gasteiger partial charge on any atom is 0.211 e. The Kier molecular flexibility index (Phi) is 7.79. The van der Waals surface area contributed by atoms with Crippen LogP contribution in [0.15, 0.2) is 34.2 Å². The summed E-state index contributed by atoms with van der Waals surface area (Å²) >= 11 is 1.74. The van der Waals surface area contributed by atoms with Crippen molar-refractivity contribution in [3.05, 3.63) is 29.8 Å². The Morgan fingerprint density at radius 3 is 2.42 bits per heavy atom. The van der Waals surface area contributed by atoms with Crippen LogP contribution in [0.4, 0.5) is 0 Å². The van der Waals surface area contributed by atoms with Crippen molar-refractivity contribution in [2.45, 2.75) is 24.3 Å². The van der Waals surface area contributed by atoms with E-state index in [0.717, 1.165) is 31.9 Å². The maximum atomic E-state index is 11.6. The van der Waals surface area contributed by atoms with Gasteiger partial charge in [0.05, 0.1) is 6.26 Å². The third-order valence-electron chi connectivity index (χ3n) is 4.74. The van der Waals surface area contributed by atoms with Gasteiger partial charge in [0.25, 0.3) is 0 Å². The molecule has 8 heteroatoms. The number of benzene rings is 1. The first-order valence-corrected chi connectivity index (χ1v) is 11.9. The van der Waals surface area contributed by atoms with E-state index in [1.165, 1.54) is 16.7 Å². The number of rotatable bonds is 6. The van der Waals surface area contributed by atoms with Crippen molar-refractivity contribution in [1.82, 2.24) is 14.5 Å². The third-order valence-corrected chi connectivity index (χ3v) is 6.79. The van der Waals surface area contributed by atoms with Crippen LogP contribution in [0.25, 0.3) is 0 Å². The van der Waals surface area contributed by atoms with E-state index in [9.17, 15) is 8.42 Å². The number of sulfonamides is 1. The quantitative estimate of drug-likeness (QED) is 0.452. The fourth-order valence-electron chi connectivity index (χ4n) is 3.15. The van der Waals surface area contributed by atoms with Crippen molar-refractivity contribution >= 4 is 27.7 Å². The summed E-state index contributed by atoms with van der Waals surface area (Å²) < 4.78 is 24.8. The highest BCUT2D eigenvalue weighted by molar-refractivity contribution is 7.98. The number of hydrogen-bond acceptors (Lipinski definition) is 4. The first-order valence-electron chi connectivity index (χ1n) is 8.83. The van der Waals surface area contributed by atoms with Crippen LogP contribution >= 0.6 is 11.8 Å². The third kappa shape index (κ3) is 6.17. The van der Waals surface area contributed by atoms with Crippen LogP contribution in [-0.2, 0) is 16.6 Å². The van der Waals surface area contributed by atoms with E-state index in [1.54, 1.807) is 23.1 Å². The molecule has 1 aliphatic heterocycles. The van der Waals surface area contributed by atoms with Crippen molar-refractivity contribution in [2.75, 3.05) is 46.2 Å². The summed E-state index contributed by atoms with van der Waals surface area (Å²) in [5, 5.41) is 3.44. The van der Waals surface area contributed by atoms with Gasteiger partial charge in [-0.2, -0.15) is 0 Å². The lowest BCUT2D eigenvalue weighted by Gasteiger charge is -2.31. The molecule has 0 saturated carbocycles. The van der Waals surface area contributed by atoms with Crippen LogP contribution in [0.5, 0.6) is 0 Å². The zero-order chi connectivity index (χ0) is 19.2. The maximum absolute atomic E-state index is 11.6. The van der Waals surface area contributed by atoms with Crippen LogP contribution in [0.2, 0.25) is 0 Å². The highest BCUT2D eigenvalue weighted by atomic mass is 32.2. The predicted octanol–water partition coefficient (Wildman–Crippen LogP) is 2.09.